The molecule has 1 fully saturated rings. The highest BCUT2D eigenvalue weighted by molar-refractivity contribution is 5.85. The van der Waals surface area contributed by atoms with Crippen LogP contribution in [0.25, 0.3) is 0 Å². The minimum Gasteiger partial charge on any atom is -0.385 e. The molecule has 1 aliphatic carbocycles. The van der Waals surface area contributed by atoms with E-state index in [0.717, 1.165) is 18.4 Å². The van der Waals surface area contributed by atoms with Crippen LogP contribution in [0.4, 0.5) is 0 Å². The second-order valence-electron chi connectivity index (χ2n) is 3.91. The molecule has 0 aromatic heterocycles. The number of hydrogen-bond acceptors (Lipinski definition) is 2. The van der Waals surface area contributed by atoms with Crippen LogP contribution in [-0.2, 0) is 11.2 Å². The number of hydrogen-bond donors (Lipinski definition) is 1. The molecule has 1 aliphatic rings. The number of aliphatic hydroxyl groups is 1. The predicted octanol–water partition coefficient (Wildman–Crippen LogP) is 1.57. The van der Waals surface area contributed by atoms with Gasteiger partial charge in [-0.1, -0.05) is 30.3 Å². The molecule has 0 heterocycles. The normalized spacial score (nSPS) is 17.8. The van der Waals surface area contributed by atoms with E-state index >= 15 is 0 Å². The summed E-state index contributed by atoms with van der Waals surface area (Å²) in [6.07, 6.45) is 1.64. The van der Waals surface area contributed by atoms with Crippen molar-refractivity contribution in [3.05, 3.63) is 35.9 Å². The number of benzene rings is 1. The second kappa shape index (κ2) is 3.93. The highest BCUT2D eigenvalue weighted by Crippen LogP contribution is 2.33. The summed E-state index contributed by atoms with van der Waals surface area (Å²) in [7, 11) is 0. The lowest BCUT2D eigenvalue weighted by Gasteiger charge is -2.07. The lowest BCUT2D eigenvalue weighted by Crippen LogP contribution is -2.24. The maximum absolute atomic E-state index is 11.5. The third-order valence-corrected chi connectivity index (χ3v) is 2.62. The van der Waals surface area contributed by atoms with Crippen molar-refractivity contribution in [1.29, 1.82) is 0 Å². The summed E-state index contributed by atoms with van der Waals surface area (Å²) in [5.41, 5.74) is 0.984. The first-order valence-corrected chi connectivity index (χ1v) is 5.02. The molecule has 0 aliphatic heterocycles. The van der Waals surface area contributed by atoms with Crippen molar-refractivity contribution in [3.8, 4) is 0 Å². The number of rotatable bonds is 4. The quantitative estimate of drug-likeness (QED) is 0.782. The minimum atomic E-state index is -0.727. The van der Waals surface area contributed by atoms with E-state index < -0.39 is 6.10 Å². The molecule has 0 amide bonds. The Morgan fingerprint density at radius 3 is 2.57 bits per heavy atom. The average molecular weight is 190 g/mol. The molecule has 1 atom stereocenters. The zero-order valence-corrected chi connectivity index (χ0v) is 8.02. The zero-order chi connectivity index (χ0) is 9.97. The summed E-state index contributed by atoms with van der Waals surface area (Å²) in [5.74, 6) is 0.199. The van der Waals surface area contributed by atoms with Gasteiger partial charge in [-0.15, -0.1) is 0 Å². The standard InChI is InChI=1S/C12H14O2/c13-11(12(14)10-6-7-10)8-9-4-2-1-3-5-9/h1-5,10,12,14H,6-8H2. The van der Waals surface area contributed by atoms with Crippen LogP contribution in [0.15, 0.2) is 30.3 Å². The first-order chi connectivity index (χ1) is 6.77. The van der Waals surface area contributed by atoms with Gasteiger partial charge in [0, 0.05) is 6.42 Å². The Morgan fingerprint density at radius 2 is 2.00 bits per heavy atom. The van der Waals surface area contributed by atoms with Crippen LogP contribution in [0.1, 0.15) is 18.4 Å². The van der Waals surface area contributed by atoms with Crippen LogP contribution >= 0.6 is 0 Å². The maximum Gasteiger partial charge on any atom is 0.165 e. The average Bonchev–Trinajstić information content (AvgIpc) is 3.01. The number of aliphatic hydroxyl groups excluding tert-OH is 1. The van der Waals surface area contributed by atoms with Crippen LogP contribution < -0.4 is 0 Å². The minimum absolute atomic E-state index is 0.0429. The highest BCUT2D eigenvalue weighted by Gasteiger charge is 2.34. The largest absolute Gasteiger partial charge is 0.385 e. The van der Waals surface area contributed by atoms with Gasteiger partial charge in [-0.2, -0.15) is 0 Å². The summed E-state index contributed by atoms with van der Waals surface area (Å²) in [6, 6.07) is 9.57. The lowest BCUT2D eigenvalue weighted by molar-refractivity contribution is -0.127. The van der Waals surface area contributed by atoms with E-state index in [9.17, 15) is 9.90 Å². The van der Waals surface area contributed by atoms with E-state index in [2.05, 4.69) is 0 Å². The number of carbonyl (C=O) groups is 1. The van der Waals surface area contributed by atoms with Crippen molar-refractivity contribution in [2.45, 2.75) is 25.4 Å². The Hall–Kier alpha value is -1.15. The molecule has 0 saturated heterocycles. The topological polar surface area (TPSA) is 37.3 Å². The Labute approximate surface area is 83.6 Å². The van der Waals surface area contributed by atoms with E-state index in [-0.39, 0.29) is 11.7 Å². The van der Waals surface area contributed by atoms with Crippen molar-refractivity contribution < 1.29 is 9.90 Å². The first-order valence-electron chi connectivity index (χ1n) is 5.02. The summed E-state index contributed by atoms with van der Waals surface area (Å²) < 4.78 is 0. The van der Waals surface area contributed by atoms with Gasteiger partial charge in [-0.25, -0.2) is 0 Å². The monoisotopic (exact) mass is 190 g/mol. The smallest absolute Gasteiger partial charge is 0.165 e. The van der Waals surface area contributed by atoms with Gasteiger partial charge in [-0.05, 0) is 24.3 Å². The van der Waals surface area contributed by atoms with Gasteiger partial charge in [0.1, 0.15) is 6.10 Å². The van der Waals surface area contributed by atoms with Crippen LogP contribution in [-0.4, -0.2) is 17.0 Å². The Bertz CT molecular complexity index is 314. The Balaban J connectivity index is 1.94. The van der Waals surface area contributed by atoms with Gasteiger partial charge in [0.2, 0.25) is 0 Å². The van der Waals surface area contributed by atoms with E-state index in [1.807, 2.05) is 30.3 Å². The van der Waals surface area contributed by atoms with Gasteiger partial charge < -0.3 is 5.11 Å². The number of carbonyl (C=O) groups excluding carboxylic acids is 1. The summed E-state index contributed by atoms with van der Waals surface area (Å²) in [6.45, 7) is 0. The van der Waals surface area contributed by atoms with Crippen molar-refractivity contribution in [1.82, 2.24) is 0 Å². The zero-order valence-electron chi connectivity index (χ0n) is 8.02. The molecule has 0 spiro atoms. The fourth-order valence-corrected chi connectivity index (χ4v) is 1.58. The van der Waals surface area contributed by atoms with E-state index in [1.54, 1.807) is 0 Å². The van der Waals surface area contributed by atoms with Crippen LogP contribution in [0.3, 0.4) is 0 Å². The van der Waals surface area contributed by atoms with E-state index in [4.69, 9.17) is 0 Å². The Kier molecular flexibility index (Phi) is 2.64. The fraction of sp³-hybridized carbons (Fsp3) is 0.417. The molecule has 14 heavy (non-hydrogen) atoms. The van der Waals surface area contributed by atoms with E-state index in [1.165, 1.54) is 0 Å². The molecular formula is C12H14O2. The van der Waals surface area contributed by atoms with Crippen molar-refractivity contribution in [2.75, 3.05) is 0 Å². The molecule has 2 nitrogen and oxygen atoms in total. The van der Waals surface area contributed by atoms with Gasteiger partial charge in [0.25, 0.3) is 0 Å². The van der Waals surface area contributed by atoms with Crippen molar-refractivity contribution in [2.24, 2.45) is 5.92 Å². The first kappa shape index (κ1) is 9.41. The summed E-state index contributed by atoms with van der Waals surface area (Å²) in [5, 5.41) is 9.57. The Morgan fingerprint density at radius 1 is 1.36 bits per heavy atom. The van der Waals surface area contributed by atoms with Crippen LogP contribution in [0.2, 0.25) is 0 Å². The molecule has 2 heteroatoms. The molecule has 1 saturated carbocycles. The van der Waals surface area contributed by atoms with Crippen LogP contribution in [0, 0.1) is 5.92 Å². The second-order valence-corrected chi connectivity index (χ2v) is 3.91. The SMILES string of the molecule is O=C(Cc1ccccc1)C(O)C1CC1. The van der Waals surface area contributed by atoms with Gasteiger partial charge in [0.05, 0.1) is 0 Å². The molecule has 2 rings (SSSR count). The van der Waals surface area contributed by atoms with Crippen molar-refractivity contribution >= 4 is 5.78 Å². The van der Waals surface area contributed by atoms with E-state index in [0.29, 0.717) is 6.42 Å². The summed E-state index contributed by atoms with van der Waals surface area (Å²) >= 11 is 0. The van der Waals surface area contributed by atoms with Gasteiger partial charge >= 0.3 is 0 Å². The predicted molar refractivity (Wildman–Crippen MR) is 53.9 cm³/mol. The molecule has 74 valence electrons. The molecular weight excluding hydrogens is 176 g/mol. The lowest BCUT2D eigenvalue weighted by atomic mass is 10.0. The van der Waals surface area contributed by atoms with Gasteiger partial charge in [-0.3, -0.25) is 4.79 Å². The molecule has 1 aromatic carbocycles. The van der Waals surface area contributed by atoms with Crippen molar-refractivity contribution in [3.63, 3.8) is 0 Å². The van der Waals surface area contributed by atoms with Crippen LogP contribution in [0.5, 0.6) is 0 Å². The summed E-state index contributed by atoms with van der Waals surface area (Å²) in [4.78, 5) is 11.5. The highest BCUT2D eigenvalue weighted by atomic mass is 16.3. The molecule has 0 radical (unpaired) electrons. The van der Waals surface area contributed by atoms with Gasteiger partial charge in [0.15, 0.2) is 5.78 Å². The third kappa shape index (κ3) is 2.20. The number of ketones is 1. The fourth-order valence-electron chi connectivity index (χ4n) is 1.58. The number of Topliss-reactive ketones (excluding diaryl/α,β-unsaturated/α-hetero) is 1. The molecule has 0 bridgehead atoms. The molecule has 1 aromatic rings. The molecule has 1 N–H and O–H groups in total. The third-order valence-electron chi connectivity index (χ3n) is 2.62. The molecule has 1 unspecified atom stereocenters. The maximum atomic E-state index is 11.5.